The molecule has 16 heavy (non-hydrogen) atoms. The van der Waals surface area contributed by atoms with Crippen molar-refractivity contribution in [3.05, 3.63) is 29.3 Å². The van der Waals surface area contributed by atoms with Gasteiger partial charge in [-0.25, -0.2) is 0 Å². The third-order valence-electron chi connectivity index (χ3n) is 2.39. The van der Waals surface area contributed by atoms with Crippen molar-refractivity contribution >= 4 is 23.4 Å². The molecule has 0 heterocycles. The Morgan fingerprint density at radius 1 is 1.19 bits per heavy atom. The van der Waals surface area contributed by atoms with Gasteiger partial charge in [0.25, 0.3) is 0 Å². The summed E-state index contributed by atoms with van der Waals surface area (Å²) in [6, 6.07) is 8.22. The van der Waals surface area contributed by atoms with Gasteiger partial charge in [-0.1, -0.05) is 25.4 Å². The van der Waals surface area contributed by atoms with E-state index in [4.69, 9.17) is 17.3 Å². The Bertz CT molecular complexity index is 297. The molecule has 1 aromatic carbocycles. The lowest BCUT2D eigenvalue weighted by Crippen LogP contribution is -2.23. The van der Waals surface area contributed by atoms with Gasteiger partial charge in [-0.05, 0) is 43.0 Å². The molecule has 0 fully saturated rings. The highest BCUT2D eigenvalue weighted by Crippen LogP contribution is 2.21. The molecule has 0 amide bonds. The molecule has 90 valence electrons. The van der Waals surface area contributed by atoms with Crippen LogP contribution in [0, 0.1) is 5.92 Å². The number of thioether (sulfide) groups is 1. The molecule has 1 nitrogen and oxygen atoms in total. The van der Waals surface area contributed by atoms with Gasteiger partial charge in [-0.2, -0.15) is 0 Å². The van der Waals surface area contributed by atoms with Crippen LogP contribution < -0.4 is 5.73 Å². The van der Waals surface area contributed by atoms with Crippen molar-refractivity contribution < 1.29 is 0 Å². The maximum absolute atomic E-state index is 6.05. The third-order valence-corrected chi connectivity index (χ3v) is 3.84. The molecule has 0 aliphatic rings. The molecule has 1 aromatic rings. The summed E-state index contributed by atoms with van der Waals surface area (Å²) in [5.74, 6) is 1.72. The Kier molecular flexibility index (Phi) is 6.25. The number of halogens is 1. The van der Waals surface area contributed by atoms with Crippen LogP contribution in [-0.2, 0) is 0 Å². The summed E-state index contributed by atoms with van der Waals surface area (Å²) in [5.41, 5.74) is 6.05. The normalized spacial score (nSPS) is 13.1. The van der Waals surface area contributed by atoms with Crippen LogP contribution in [0.5, 0.6) is 0 Å². The van der Waals surface area contributed by atoms with Gasteiger partial charge in [0.15, 0.2) is 0 Å². The molecular weight excluding hydrogens is 238 g/mol. The van der Waals surface area contributed by atoms with Crippen LogP contribution >= 0.6 is 23.4 Å². The second kappa shape index (κ2) is 7.21. The van der Waals surface area contributed by atoms with Crippen molar-refractivity contribution in [3.63, 3.8) is 0 Å². The van der Waals surface area contributed by atoms with E-state index in [1.54, 1.807) is 11.8 Å². The number of nitrogens with two attached hydrogens (primary N) is 1. The van der Waals surface area contributed by atoms with Gasteiger partial charge in [-0.3, -0.25) is 0 Å². The zero-order valence-electron chi connectivity index (χ0n) is 9.95. The van der Waals surface area contributed by atoms with E-state index in [1.165, 1.54) is 11.3 Å². The van der Waals surface area contributed by atoms with E-state index in [1.807, 2.05) is 24.3 Å². The fraction of sp³-hybridized carbons (Fsp3) is 0.538. The van der Waals surface area contributed by atoms with Gasteiger partial charge in [0.2, 0.25) is 0 Å². The van der Waals surface area contributed by atoms with Crippen molar-refractivity contribution in [1.82, 2.24) is 0 Å². The first kappa shape index (κ1) is 13.9. The number of benzene rings is 1. The van der Waals surface area contributed by atoms with Gasteiger partial charge in [0, 0.05) is 21.7 Å². The van der Waals surface area contributed by atoms with Crippen molar-refractivity contribution in [3.8, 4) is 0 Å². The van der Waals surface area contributed by atoms with Crippen LogP contribution in [0.2, 0.25) is 5.02 Å². The number of hydrogen-bond acceptors (Lipinski definition) is 2. The minimum atomic E-state index is 0.295. The molecule has 0 radical (unpaired) electrons. The molecule has 0 aliphatic carbocycles. The summed E-state index contributed by atoms with van der Waals surface area (Å²) < 4.78 is 0. The van der Waals surface area contributed by atoms with Crippen LogP contribution in [0.25, 0.3) is 0 Å². The van der Waals surface area contributed by atoms with E-state index in [9.17, 15) is 0 Å². The molecule has 1 unspecified atom stereocenters. The predicted octanol–water partition coefficient (Wildman–Crippen LogP) is 4.20. The van der Waals surface area contributed by atoms with Crippen LogP contribution in [0.4, 0.5) is 0 Å². The Morgan fingerprint density at radius 2 is 1.81 bits per heavy atom. The molecule has 0 aromatic heterocycles. The minimum absolute atomic E-state index is 0.295. The molecule has 1 atom stereocenters. The van der Waals surface area contributed by atoms with E-state index in [-0.39, 0.29) is 0 Å². The first-order chi connectivity index (χ1) is 7.58. The van der Waals surface area contributed by atoms with Gasteiger partial charge >= 0.3 is 0 Å². The average molecular weight is 258 g/mol. The summed E-state index contributed by atoms with van der Waals surface area (Å²) in [7, 11) is 0. The second-order valence-electron chi connectivity index (χ2n) is 4.50. The lowest BCUT2D eigenvalue weighted by Gasteiger charge is -2.12. The van der Waals surface area contributed by atoms with Gasteiger partial charge in [0.1, 0.15) is 0 Å². The molecule has 3 heteroatoms. The highest BCUT2D eigenvalue weighted by atomic mass is 35.5. The molecule has 0 saturated carbocycles. The second-order valence-corrected chi connectivity index (χ2v) is 6.03. The Balaban J connectivity index is 2.26. The zero-order chi connectivity index (χ0) is 12.0. The summed E-state index contributed by atoms with van der Waals surface area (Å²) in [5, 5.41) is 0.786. The van der Waals surface area contributed by atoms with E-state index >= 15 is 0 Å². The first-order valence-corrected chi connectivity index (χ1v) is 7.08. The van der Waals surface area contributed by atoms with E-state index in [2.05, 4.69) is 13.8 Å². The van der Waals surface area contributed by atoms with E-state index < -0.39 is 0 Å². The molecule has 0 aliphatic heterocycles. The van der Waals surface area contributed by atoms with Crippen molar-refractivity contribution in [2.75, 3.05) is 5.75 Å². The number of rotatable bonds is 6. The molecule has 1 rings (SSSR count). The molecule has 2 N–H and O–H groups in total. The SMILES string of the molecule is CC(C)CCC(N)CSc1ccc(Cl)cc1. The van der Waals surface area contributed by atoms with Crippen molar-refractivity contribution in [2.45, 2.75) is 37.6 Å². The van der Waals surface area contributed by atoms with Crippen LogP contribution in [0.1, 0.15) is 26.7 Å². The van der Waals surface area contributed by atoms with Crippen molar-refractivity contribution in [1.29, 1.82) is 0 Å². The zero-order valence-corrected chi connectivity index (χ0v) is 11.5. The molecule has 0 saturated heterocycles. The maximum Gasteiger partial charge on any atom is 0.0406 e. The van der Waals surface area contributed by atoms with Gasteiger partial charge < -0.3 is 5.73 Å². The van der Waals surface area contributed by atoms with Crippen LogP contribution in [0.3, 0.4) is 0 Å². The maximum atomic E-state index is 6.05. The van der Waals surface area contributed by atoms with Crippen LogP contribution in [0.15, 0.2) is 29.2 Å². The summed E-state index contributed by atoms with van der Waals surface area (Å²) in [4.78, 5) is 1.24. The fourth-order valence-electron chi connectivity index (χ4n) is 1.36. The van der Waals surface area contributed by atoms with Crippen molar-refractivity contribution in [2.24, 2.45) is 11.7 Å². The highest BCUT2D eigenvalue weighted by Gasteiger charge is 2.05. The topological polar surface area (TPSA) is 26.0 Å². The summed E-state index contributed by atoms with van der Waals surface area (Å²) in [6.07, 6.45) is 2.32. The monoisotopic (exact) mass is 257 g/mol. The lowest BCUT2D eigenvalue weighted by molar-refractivity contribution is 0.517. The van der Waals surface area contributed by atoms with E-state index in [0.717, 1.165) is 23.1 Å². The molecule has 0 bridgehead atoms. The Labute approximate surface area is 108 Å². The van der Waals surface area contributed by atoms with Gasteiger partial charge in [-0.15, -0.1) is 11.8 Å². The van der Waals surface area contributed by atoms with Gasteiger partial charge in [0.05, 0.1) is 0 Å². The minimum Gasteiger partial charge on any atom is -0.327 e. The molecular formula is C13H20ClNS. The first-order valence-electron chi connectivity index (χ1n) is 5.72. The standard InChI is InChI=1S/C13H20ClNS/c1-10(2)3-6-12(15)9-16-13-7-4-11(14)5-8-13/h4-5,7-8,10,12H,3,6,9,15H2,1-2H3. The number of hydrogen-bond donors (Lipinski definition) is 1. The average Bonchev–Trinajstić information content (AvgIpc) is 2.25. The third kappa shape index (κ3) is 5.78. The van der Waals surface area contributed by atoms with E-state index in [0.29, 0.717) is 6.04 Å². The highest BCUT2D eigenvalue weighted by molar-refractivity contribution is 7.99. The Morgan fingerprint density at radius 3 is 2.38 bits per heavy atom. The lowest BCUT2D eigenvalue weighted by atomic mass is 10.1. The Hall–Kier alpha value is -0.180. The quantitative estimate of drug-likeness (QED) is 0.773. The predicted molar refractivity (Wildman–Crippen MR) is 74.2 cm³/mol. The smallest absolute Gasteiger partial charge is 0.0406 e. The summed E-state index contributed by atoms with van der Waals surface area (Å²) in [6.45, 7) is 4.47. The molecule has 0 spiro atoms. The fourth-order valence-corrected chi connectivity index (χ4v) is 2.39. The summed E-state index contributed by atoms with van der Waals surface area (Å²) >= 11 is 7.63. The van der Waals surface area contributed by atoms with Crippen LogP contribution in [-0.4, -0.2) is 11.8 Å². The largest absolute Gasteiger partial charge is 0.327 e.